The molecule has 2 unspecified atom stereocenters. The van der Waals surface area contributed by atoms with Crippen molar-refractivity contribution in [3.05, 3.63) is 0 Å². The molecule has 2 aliphatic rings. The van der Waals surface area contributed by atoms with Gasteiger partial charge in [0, 0.05) is 19.6 Å². The van der Waals surface area contributed by atoms with Crippen LogP contribution < -0.4 is 0 Å². The SMILES string of the molecule is O=C(O)CCC(C1CCC1)C1CCOC1. The molecule has 3 nitrogen and oxygen atoms in total. The van der Waals surface area contributed by atoms with E-state index in [-0.39, 0.29) is 0 Å². The zero-order valence-electron chi connectivity index (χ0n) is 9.15. The minimum atomic E-state index is -0.654. The Bertz CT molecular complexity index is 217. The van der Waals surface area contributed by atoms with Gasteiger partial charge >= 0.3 is 5.97 Å². The Morgan fingerprint density at radius 3 is 2.60 bits per heavy atom. The van der Waals surface area contributed by atoms with E-state index < -0.39 is 5.97 Å². The monoisotopic (exact) mass is 212 g/mol. The smallest absolute Gasteiger partial charge is 0.303 e. The molecular formula is C12H20O3. The van der Waals surface area contributed by atoms with Crippen molar-refractivity contribution in [2.75, 3.05) is 13.2 Å². The normalized spacial score (nSPS) is 28.7. The van der Waals surface area contributed by atoms with Gasteiger partial charge in [0.1, 0.15) is 0 Å². The standard InChI is InChI=1S/C12H20O3/c13-12(14)5-4-11(9-2-1-3-9)10-6-7-15-8-10/h9-11H,1-8H2,(H,13,14). The van der Waals surface area contributed by atoms with Crippen LogP contribution in [0, 0.1) is 17.8 Å². The number of ether oxygens (including phenoxy) is 1. The van der Waals surface area contributed by atoms with Gasteiger partial charge in [-0.3, -0.25) is 4.79 Å². The van der Waals surface area contributed by atoms with Gasteiger partial charge in [-0.1, -0.05) is 19.3 Å². The van der Waals surface area contributed by atoms with Gasteiger partial charge in [-0.05, 0) is 30.6 Å². The summed E-state index contributed by atoms with van der Waals surface area (Å²) in [4.78, 5) is 10.6. The quantitative estimate of drug-likeness (QED) is 0.760. The van der Waals surface area contributed by atoms with Crippen molar-refractivity contribution in [3.63, 3.8) is 0 Å². The molecule has 1 aliphatic heterocycles. The van der Waals surface area contributed by atoms with E-state index in [2.05, 4.69) is 0 Å². The zero-order valence-corrected chi connectivity index (χ0v) is 9.15. The van der Waals surface area contributed by atoms with Crippen molar-refractivity contribution in [3.8, 4) is 0 Å². The van der Waals surface area contributed by atoms with Gasteiger partial charge in [0.25, 0.3) is 0 Å². The molecular weight excluding hydrogens is 192 g/mol. The Balaban J connectivity index is 1.86. The highest BCUT2D eigenvalue weighted by Gasteiger charge is 2.34. The van der Waals surface area contributed by atoms with E-state index in [4.69, 9.17) is 9.84 Å². The summed E-state index contributed by atoms with van der Waals surface area (Å²) in [6.07, 6.45) is 6.27. The molecule has 0 bridgehead atoms. The lowest BCUT2D eigenvalue weighted by molar-refractivity contribution is -0.137. The number of hydrogen-bond donors (Lipinski definition) is 1. The van der Waals surface area contributed by atoms with Gasteiger partial charge in [-0.2, -0.15) is 0 Å². The molecule has 1 saturated heterocycles. The predicted molar refractivity (Wildman–Crippen MR) is 56.6 cm³/mol. The first kappa shape index (κ1) is 10.9. The highest BCUT2D eigenvalue weighted by atomic mass is 16.5. The Morgan fingerprint density at radius 2 is 2.13 bits per heavy atom. The molecule has 0 aromatic heterocycles. The summed E-state index contributed by atoms with van der Waals surface area (Å²) < 4.78 is 5.42. The summed E-state index contributed by atoms with van der Waals surface area (Å²) in [5, 5.41) is 8.75. The average Bonchev–Trinajstić information content (AvgIpc) is 2.60. The maximum Gasteiger partial charge on any atom is 0.303 e. The molecule has 0 spiro atoms. The predicted octanol–water partition coefficient (Wildman–Crippen LogP) is 2.30. The fraction of sp³-hybridized carbons (Fsp3) is 0.917. The number of rotatable bonds is 5. The Kier molecular flexibility index (Phi) is 3.62. The summed E-state index contributed by atoms with van der Waals surface area (Å²) in [6, 6.07) is 0. The van der Waals surface area contributed by atoms with Crippen LogP contribution in [0.2, 0.25) is 0 Å². The Labute approximate surface area is 90.8 Å². The van der Waals surface area contributed by atoms with E-state index in [0.717, 1.165) is 32.0 Å². The molecule has 0 radical (unpaired) electrons. The van der Waals surface area contributed by atoms with Crippen LogP contribution >= 0.6 is 0 Å². The van der Waals surface area contributed by atoms with Gasteiger partial charge in [0.2, 0.25) is 0 Å². The highest BCUT2D eigenvalue weighted by Crippen LogP contribution is 2.42. The summed E-state index contributed by atoms with van der Waals surface area (Å²) in [7, 11) is 0. The van der Waals surface area contributed by atoms with Crippen LogP contribution in [0.25, 0.3) is 0 Å². The van der Waals surface area contributed by atoms with Crippen LogP contribution in [0.4, 0.5) is 0 Å². The van der Waals surface area contributed by atoms with Gasteiger partial charge < -0.3 is 9.84 Å². The van der Waals surface area contributed by atoms with E-state index in [0.29, 0.717) is 18.3 Å². The van der Waals surface area contributed by atoms with E-state index in [9.17, 15) is 4.79 Å². The van der Waals surface area contributed by atoms with Gasteiger partial charge in [-0.25, -0.2) is 0 Å². The highest BCUT2D eigenvalue weighted by molar-refractivity contribution is 5.66. The molecule has 1 aliphatic carbocycles. The van der Waals surface area contributed by atoms with Gasteiger partial charge in [0.15, 0.2) is 0 Å². The fourth-order valence-electron chi connectivity index (χ4n) is 2.90. The number of carbonyl (C=O) groups is 1. The van der Waals surface area contributed by atoms with Crippen LogP contribution in [0.5, 0.6) is 0 Å². The van der Waals surface area contributed by atoms with Gasteiger partial charge in [0.05, 0.1) is 0 Å². The van der Waals surface area contributed by atoms with Crippen LogP contribution in [0.3, 0.4) is 0 Å². The minimum Gasteiger partial charge on any atom is -0.481 e. The van der Waals surface area contributed by atoms with Gasteiger partial charge in [-0.15, -0.1) is 0 Å². The fourth-order valence-corrected chi connectivity index (χ4v) is 2.90. The molecule has 0 aromatic rings. The molecule has 86 valence electrons. The second-order valence-electron chi connectivity index (χ2n) is 4.91. The van der Waals surface area contributed by atoms with Crippen molar-refractivity contribution in [2.45, 2.75) is 38.5 Å². The van der Waals surface area contributed by atoms with Crippen molar-refractivity contribution < 1.29 is 14.6 Å². The largest absolute Gasteiger partial charge is 0.481 e. The number of carboxylic acid groups (broad SMARTS) is 1. The van der Waals surface area contributed by atoms with E-state index in [1.807, 2.05) is 0 Å². The summed E-state index contributed by atoms with van der Waals surface area (Å²) in [5.74, 6) is 1.38. The van der Waals surface area contributed by atoms with E-state index in [1.54, 1.807) is 0 Å². The van der Waals surface area contributed by atoms with E-state index in [1.165, 1.54) is 19.3 Å². The van der Waals surface area contributed by atoms with E-state index >= 15 is 0 Å². The second kappa shape index (κ2) is 4.97. The molecule has 3 heteroatoms. The third kappa shape index (κ3) is 2.71. The molecule has 0 aromatic carbocycles. The third-order valence-electron chi connectivity index (χ3n) is 4.02. The number of carboxylic acids is 1. The number of aliphatic carboxylic acids is 1. The summed E-state index contributed by atoms with van der Waals surface area (Å²) in [6.45, 7) is 1.74. The van der Waals surface area contributed by atoms with Crippen LogP contribution in [0.15, 0.2) is 0 Å². The molecule has 2 fully saturated rings. The average molecular weight is 212 g/mol. The van der Waals surface area contributed by atoms with Crippen LogP contribution in [0.1, 0.15) is 38.5 Å². The van der Waals surface area contributed by atoms with Crippen molar-refractivity contribution in [1.29, 1.82) is 0 Å². The topological polar surface area (TPSA) is 46.5 Å². The first-order valence-electron chi connectivity index (χ1n) is 6.07. The minimum absolute atomic E-state index is 0.331. The number of hydrogen-bond acceptors (Lipinski definition) is 2. The Morgan fingerprint density at radius 1 is 1.33 bits per heavy atom. The molecule has 1 saturated carbocycles. The third-order valence-corrected chi connectivity index (χ3v) is 4.02. The molecule has 1 N–H and O–H groups in total. The van der Waals surface area contributed by atoms with Crippen LogP contribution in [-0.4, -0.2) is 24.3 Å². The van der Waals surface area contributed by atoms with Crippen molar-refractivity contribution in [1.82, 2.24) is 0 Å². The molecule has 2 rings (SSSR count). The Hall–Kier alpha value is -0.570. The maximum atomic E-state index is 10.6. The second-order valence-corrected chi connectivity index (χ2v) is 4.91. The van der Waals surface area contributed by atoms with Crippen molar-refractivity contribution in [2.24, 2.45) is 17.8 Å². The molecule has 15 heavy (non-hydrogen) atoms. The van der Waals surface area contributed by atoms with Crippen LogP contribution in [-0.2, 0) is 9.53 Å². The lowest BCUT2D eigenvalue weighted by Gasteiger charge is -2.36. The maximum absolute atomic E-state index is 10.6. The molecule has 0 amide bonds. The lowest BCUT2D eigenvalue weighted by Crippen LogP contribution is -2.29. The summed E-state index contributed by atoms with van der Waals surface area (Å²) >= 11 is 0. The molecule has 2 atom stereocenters. The first-order chi connectivity index (χ1) is 7.27. The summed E-state index contributed by atoms with van der Waals surface area (Å²) in [5.41, 5.74) is 0. The first-order valence-corrected chi connectivity index (χ1v) is 6.07. The van der Waals surface area contributed by atoms with Crippen molar-refractivity contribution >= 4 is 5.97 Å². The molecule has 1 heterocycles. The lowest BCUT2D eigenvalue weighted by atomic mass is 9.68. The zero-order chi connectivity index (χ0) is 10.7.